The van der Waals surface area contributed by atoms with Gasteiger partial charge in [0.05, 0.1) is 11.3 Å². The van der Waals surface area contributed by atoms with Crippen LogP contribution in [0.4, 0.5) is 14.5 Å². The first kappa shape index (κ1) is 12.8. The molecule has 1 aliphatic rings. The molecule has 0 bridgehead atoms. The van der Waals surface area contributed by atoms with Crippen molar-refractivity contribution in [1.82, 2.24) is 0 Å². The lowest BCUT2D eigenvalue weighted by atomic mass is 10.1. The maximum atomic E-state index is 13.6. The molecule has 0 aromatic heterocycles. The SMILES string of the molecule is NC(=O)c1cc(NC2CCC(N)C2)c(F)cc1F. The van der Waals surface area contributed by atoms with E-state index < -0.39 is 17.5 Å². The molecule has 0 heterocycles. The van der Waals surface area contributed by atoms with Crippen molar-refractivity contribution in [3.63, 3.8) is 0 Å². The lowest BCUT2D eigenvalue weighted by molar-refractivity contribution is 0.0996. The Labute approximate surface area is 103 Å². The van der Waals surface area contributed by atoms with Gasteiger partial charge in [-0.25, -0.2) is 8.78 Å². The highest BCUT2D eigenvalue weighted by molar-refractivity contribution is 5.94. The molecule has 5 N–H and O–H groups in total. The fourth-order valence-electron chi connectivity index (χ4n) is 2.22. The molecule has 2 rings (SSSR count). The number of carbonyl (C=O) groups is 1. The number of rotatable bonds is 3. The predicted molar refractivity (Wildman–Crippen MR) is 64.1 cm³/mol. The Balaban J connectivity index is 2.22. The van der Waals surface area contributed by atoms with Gasteiger partial charge < -0.3 is 16.8 Å². The second-order valence-corrected chi connectivity index (χ2v) is 4.59. The Bertz CT molecular complexity index is 479. The van der Waals surface area contributed by atoms with Crippen LogP contribution in [0.15, 0.2) is 12.1 Å². The summed E-state index contributed by atoms with van der Waals surface area (Å²) in [7, 11) is 0. The molecular formula is C12H15F2N3O. The highest BCUT2D eigenvalue weighted by atomic mass is 19.1. The summed E-state index contributed by atoms with van der Waals surface area (Å²) in [6.45, 7) is 0. The van der Waals surface area contributed by atoms with Crippen LogP contribution >= 0.6 is 0 Å². The van der Waals surface area contributed by atoms with Crippen molar-refractivity contribution in [2.75, 3.05) is 5.32 Å². The monoisotopic (exact) mass is 255 g/mol. The number of benzene rings is 1. The van der Waals surface area contributed by atoms with Crippen molar-refractivity contribution in [2.45, 2.75) is 31.3 Å². The van der Waals surface area contributed by atoms with E-state index in [4.69, 9.17) is 11.5 Å². The summed E-state index contributed by atoms with van der Waals surface area (Å²) in [5.74, 6) is -2.61. The Kier molecular flexibility index (Phi) is 3.47. The quantitative estimate of drug-likeness (QED) is 0.762. The van der Waals surface area contributed by atoms with Crippen molar-refractivity contribution >= 4 is 11.6 Å². The maximum absolute atomic E-state index is 13.6. The third kappa shape index (κ3) is 2.59. The first-order valence-electron chi connectivity index (χ1n) is 5.78. The number of primary amides is 1. The minimum Gasteiger partial charge on any atom is -0.380 e. The van der Waals surface area contributed by atoms with Crippen LogP contribution < -0.4 is 16.8 Å². The Morgan fingerprint density at radius 2 is 2.00 bits per heavy atom. The summed E-state index contributed by atoms with van der Waals surface area (Å²) in [6, 6.07) is 1.91. The number of hydrogen-bond acceptors (Lipinski definition) is 3. The van der Waals surface area contributed by atoms with E-state index in [1.165, 1.54) is 0 Å². The van der Waals surface area contributed by atoms with Crippen LogP contribution in [0, 0.1) is 11.6 Å². The van der Waals surface area contributed by atoms with E-state index in [1.54, 1.807) is 0 Å². The van der Waals surface area contributed by atoms with Crippen molar-refractivity contribution in [1.29, 1.82) is 0 Å². The summed E-state index contributed by atoms with van der Waals surface area (Å²) < 4.78 is 26.8. The maximum Gasteiger partial charge on any atom is 0.251 e. The number of nitrogens with one attached hydrogen (secondary N) is 1. The normalized spacial score (nSPS) is 23.1. The third-order valence-corrected chi connectivity index (χ3v) is 3.15. The average molecular weight is 255 g/mol. The predicted octanol–water partition coefficient (Wildman–Crippen LogP) is 1.36. The molecule has 1 amide bonds. The highest BCUT2D eigenvalue weighted by Gasteiger charge is 2.23. The van der Waals surface area contributed by atoms with Crippen LogP contribution in [0.2, 0.25) is 0 Å². The molecule has 2 atom stereocenters. The second kappa shape index (κ2) is 4.89. The van der Waals surface area contributed by atoms with Gasteiger partial charge in [-0.3, -0.25) is 4.79 Å². The van der Waals surface area contributed by atoms with E-state index in [2.05, 4.69) is 5.32 Å². The minimum absolute atomic E-state index is 0.0423. The van der Waals surface area contributed by atoms with Gasteiger partial charge in [-0.05, 0) is 25.3 Å². The van der Waals surface area contributed by atoms with Crippen LogP contribution in [-0.4, -0.2) is 18.0 Å². The van der Waals surface area contributed by atoms with Gasteiger partial charge in [-0.1, -0.05) is 0 Å². The molecule has 0 radical (unpaired) electrons. The zero-order chi connectivity index (χ0) is 13.3. The summed E-state index contributed by atoms with van der Waals surface area (Å²) >= 11 is 0. The minimum atomic E-state index is -0.950. The molecule has 1 aliphatic carbocycles. The first-order chi connectivity index (χ1) is 8.47. The van der Waals surface area contributed by atoms with E-state index in [0.29, 0.717) is 6.07 Å². The van der Waals surface area contributed by atoms with Crippen molar-refractivity contribution in [3.05, 3.63) is 29.3 Å². The molecule has 4 nitrogen and oxygen atoms in total. The lowest BCUT2D eigenvalue weighted by Crippen LogP contribution is -2.22. The van der Waals surface area contributed by atoms with E-state index >= 15 is 0 Å². The van der Waals surface area contributed by atoms with Crippen molar-refractivity contribution in [3.8, 4) is 0 Å². The molecule has 1 aromatic rings. The number of hydrogen-bond donors (Lipinski definition) is 3. The number of anilines is 1. The van der Waals surface area contributed by atoms with Crippen LogP contribution in [0.3, 0.4) is 0 Å². The Hall–Kier alpha value is -1.69. The molecule has 1 saturated carbocycles. The summed E-state index contributed by atoms with van der Waals surface area (Å²) in [5, 5.41) is 2.93. The van der Waals surface area contributed by atoms with Gasteiger partial charge >= 0.3 is 0 Å². The molecule has 0 spiro atoms. The van der Waals surface area contributed by atoms with Gasteiger partial charge in [0, 0.05) is 18.2 Å². The zero-order valence-electron chi connectivity index (χ0n) is 9.75. The van der Waals surface area contributed by atoms with Gasteiger partial charge in [-0.15, -0.1) is 0 Å². The summed E-state index contributed by atoms with van der Waals surface area (Å²) in [6.07, 6.45) is 2.41. The lowest BCUT2D eigenvalue weighted by Gasteiger charge is -2.15. The van der Waals surface area contributed by atoms with Gasteiger partial charge in [0.2, 0.25) is 0 Å². The number of amides is 1. The van der Waals surface area contributed by atoms with Crippen LogP contribution in [0.25, 0.3) is 0 Å². The highest BCUT2D eigenvalue weighted by Crippen LogP contribution is 2.25. The van der Waals surface area contributed by atoms with Crippen LogP contribution in [0.1, 0.15) is 29.6 Å². The van der Waals surface area contributed by atoms with Crippen LogP contribution in [-0.2, 0) is 0 Å². The molecule has 2 unspecified atom stereocenters. The van der Waals surface area contributed by atoms with Gasteiger partial charge in [0.1, 0.15) is 11.6 Å². The summed E-state index contributed by atoms with van der Waals surface area (Å²) in [4.78, 5) is 11.0. The molecule has 0 saturated heterocycles. The standard InChI is InChI=1S/C12H15F2N3O/c13-9-5-10(14)11(4-8(9)12(16)18)17-7-2-1-6(15)3-7/h4-7,17H,1-3,15H2,(H2,16,18). The van der Waals surface area contributed by atoms with Crippen LogP contribution in [0.5, 0.6) is 0 Å². The topological polar surface area (TPSA) is 81.1 Å². The number of halogens is 2. The van der Waals surface area contributed by atoms with E-state index in [-0.39, 0.29) is 23.3 Å². The molecular weight excluding hydrogens is 240 g/mol. The van der Waals surface area contributed by atoms with Crippen molar-refractivity contribution in [2.24, 2.45) is 11.5 Å². The Morgan fingerprint density at radius 1 is 1.28 bits per heavy atom. The number of nitrogens with two attached hydrogens (primary N) is 2. The largest absolute Gasteiger partial charge is 0.380 e. The van der Waals surface area contributed by atoms with Gasteiger partial charge in [0.25, 0.3) is 5.91 Å². The molecule has 0 aliphatic heterocycles. The first-order valence-corrected chi connectivity index (χ1v) is 5.78. The zero-order valence-corrected chi connectivity index (χ0v) is 9.75. The van der Waals surface area contributed by atoms with Crippen molar-refractivity contribution < 1.29 is 13.6 Å². The average Bonchev–Trinajstić information content (AvgIpc) is 2.67. The second-order valence-electron chi connectivity index (χ2n) is 4.59. The van der Waals surface area contributed by atoms with Gasteiger partial charge in [-0.2, -0.15) is 0 Å². The molecule has 98 valence electrons. The molecule has 18 heavy (non-hydrogen) atoms. The molecule has 6 heteroatoms. The summed E-state index contributed by atoms with van der Waals surface area (Å²) in [5.41, 5.74) is 10.5. The van der Waals surface area contributed by atoms with E-state index in [9.17, 15) is 13.6 Å². The fourth-order valence-corrected chi connectivity index (χ4v) is 2.22. The molecule has 1 aromatic carbocycles. The van der Waals surface area contributed by atoms with E-state index in [0.717, 1.165) is 25.3 Å². The smallest absolute Gasteiger partial charge is 0.251 e. The Morgan fingerprint density at radius 3 is 2.56 bits per heavy atom. The van der Waals surface area contributed by atoms with E-state index in [1.807, 2.05) is 0 Å². The molecule has 1 fully saturated rings. The number of carbonyl (C=O) groups excluding carboxylic acids is 1. The third-order valence-electron chi connectivity index (χ3n) is 3.15. The van der Waals surface area contributed by atoms with Gasteiger partial charge in [0.15, 0.2) is 0 Å². The fraction of sp³-hybridized carbons (Fsp3) is 0.417.